The number of alkyl carbamates (subject to hydrolysis) is 1. The minimum Gasteiger partial charge on any atom is -0.444 e. The summed E-state index contributed by atoms with van der Waals surface area (Å²) in [4.78, 5) is 11.4. The van der Waals surface area contributed by atoms with E-state index in [0.717, 1.165) is 6.42 Å². The highest BCUT2D eigenvalue weighted by Gasteiger charge is 2.19. The molecule has 0 aliphatic rings. The molecule has 1 unspecified atom stereocenters. The molecule has 3 nitrogen and oxygen atoms in total. The van der Waals surface area contributed by atoms with Crippen molar-refractivity contribution < 1.29 is 9.53 Å². The maximum absolute atomic E-state index is 11.4. The van der Waals surface area contributed by atoms with Gasteiger partial charge in [0.15, 0.2) is 0 Å². The molecule has 0 aliphatic carbocycles. The highest BCUT2D eigenvalue weighted by atomic mass is 16.6. The zero-order chi connectivity index (χ0) is 11.4. The van der Waals surface area contributed by atoms with Gasteiger partial charge in [0.05, 0.1) is 0 Å². The average molecular weight is 201 g/mol. The van der Waals surface area contributed by atoms with Gasteiger partial charge in [-0.2, -0.15) is 0 Å². The number of amides is 1. The van der Waals surface area contributed by atoms with Crippen molar-refractivity contribution in [2.24, 2.45) is 5.92 Å². The van der Waals surface area contributed by atoms with Crippen molar-refractivity contribution in [2.75, 3.05) is 0 Å². The van der Waals surface area contributed by atoms with Crippen LogP contribution >= 0.6 is 0 Å². The van der Waals surface area contributed by atoms with Gasteiger partial charge in [-0.15, -0.1) is 0 Å². The first-order valence-corrected chi connectivity index (χ1v) is 5.25. The van der Waals surface area contributed by atoms with Crippen molar-refractivity contribution in [3.8, 4) is 0 Å². The van der Waals surface area contributed by atoms with E-state index in [-0.39, 0.29) is 12.1 Å². The second-order valence-corrected chi connectivity index (χ2v) is 4.82. The Morgan fingerprint density at radius 1 is 1.36 bits per heavy atom. The summed E-state index contributed by atoms with van der Waals surface area (Å²) in [6, 6.07) is 0.162. The van der Waals surface area contributed by atoms with Crippen LogP contribution in [-0.4, -0.2) is 17.7 Å². The molecule has 0 aromatic carbocycles. The number of carbonyl (C=O) groups is 1. The van der Waals surface area contributed by atoms with E-state index in [2.05, 4.69) is 19.2 Å². The highest BCUT2D eigenvalue weighted by molar-refractivity contribution is 5.68. The van der Waals surface area contributed by atoms with E-state index in [0.29, 0.717) is 5.92 Å². The lowest BCUT2D eigenvalue weighted by Gasteiger charge is -2.24. The molecule has 0 rings (SSSR count). The smallest absolute Gasteiger partial charge is 0.407 e. The van der Waals surface area contributed by atoms with Crippen LogP contribution in [0.5, 0.6) is 0 Å². The Bertz CT molecular complexity index is 184. The standard InChI is InChI=1S/C11H23NO2/c1-7-8(2)9(3)12-10(13)14-11(4,5)6/h8-9H,7H2,1-6H3,(H,12,13)/t8?,9-/m1/s1. The van der Waals surface area contributed by atoms with Gasteiger partial charge in [0.1, 0.15) is 5.60 Å². The molecule has 0 spiro atoms. The Morgan fingerprint density at radius 2 is 1.86 bits per heavy atom. The minimum absolute atomic E-state index is 0.162. The van der Waals surface area contributed by atoms with Crippen molar-refractivity contribution in [2.45, 2.75) is 59.6 Å². The molecule has 2 atom stereocenters. The molecule has 0 fully saturated rings. The van der Waals surface area contributed by atoms with E-state index in [4.69, 9.17) is 4.74 Å². The van der Waals surface area contributed by atoms with E-state index >= 15 is 0 Å². The second kappa shape index (κ2) is 5.23. The van der Waals surface area contributed by atoms with Gasteiger partial charge >= 0.3 is 6.09 Å². The predicted octanol–water partition coefficient (Wildman–Crippen LogP) is 2.95. The molecular formula is C11H23NO2. The third-order valence-corrected chi connectivity index (χ3v) is 2.24. The summed E-state index contributed by atoms with van der Waals surface area (Å²) in [5.74, 6) is 0.475. The first-order valence-electron chi connectivity index (χ1n) is 5.25. The van der Waals surface area contributed by atoms with Crippen LogP contribution in [0.15, 0.2) is 0 Å². The molecule has 0 aromatic rings. The van der Waals surface area contributed by atoms with Gasteiger partial charge < -0.3 is 10.1 Å². The first-order chi connectivity index (χ1) is 6.26. The minimum atomic E-state index is -0.417. The van der Waals surface area contributed by atoms with Crippen molar-refractivity contribution in [1.29, 1.82) is 0 Å². The van der Waals surface area contributed by atoms with Crippen LogP contribution in [0.4, 0.5) is 4.79 Å². The Kier molecular flexibility index (Phi) is 4.95. The number of carbonyl (C=O) groups excluding carboxylic acids is 1. The molecular weight excluding hydrogens is 178 g/mol. The molecule has 0 radical (unpaired) electrons. The summed E-state index contributed by atoms with van der Waals surface area (Å²) in [6.45, 7) is 11.8. The van der Waals surface area contributed by atoms with E-state index < -0.39 is 5.60 Å². The topological polar surface area (TPSA) is 38.3 Å². The fourth-order valence-corrected chi connectivity index (χ4v) is 0.989. The summed E-state index contributed by atoms with van der Waals surface area (Å²) >= 11 is 0. The average Bonchev–Trinajstić information content (AvgIpc) is 1.99. The van der Waals surface area contributed by atoms with Crippen LogP contribution in [0.2, 0.25) is 0 Å². The zero-order valence-corrected chi connectivity index (χ0v) is 10.2. The Hall–Kier alpha value is -0.730. The van der Waals surface area contributed by atoms with Crippen LogP contribution in [0.1, 0.15) is 48.0 Å². The summed E-state index contributed by atoms with van der Waals surface area (Å²) in [6.07, 6.45) is 0.724. The van der Waals surface area contributed by atoms with Gasteiger partial charge in [0.2, 0.25) is 0 Å². The number of hydrogen-bond donors (Lipinski definition) is 1. The van der Waals surface area contributed by atoms with E-state index in [1.165, 1.54) is 0 Å². The lowest BCUT2D eigenvalue weighted by atomic mass is 10.0. The highest BCUT2D eigenvalue weighted by Crippen LogP contribution is 2.10. The van der Waals surface area contributed by atoms with Gasteiger partial charge in [0, 0.05) is 6.04 Å². The summed E-state index contributed by atoms with van der Waals surface area (Å²) in [5.41, 5.74) is -0.417. The molecule has 14 heavy (non-hydrogen) atoms. The maximum Gasteiger partial charge on any atom is 0.407 e. The summed E-state index contributed by atoms with van der Waals surface area (Å²) in [5, 5.41) is 2.83. The van der Waals surface area contributed by atoms with Crippen molar-refractivity contribution in [1.82, 2.24) is 5.32 Å². The normalized spacial score (nSPS) is 15.9. The third kappa shape index (κ3) is 5.84. The van der Waals surface area contributed by atoms with Gasteiger partial charge in [0.25, 0.3) is 0 Å². The summed E-state index contributed by atoms with van der Waals surface area (Å²) < 4.78 is 5.15. The number of ether oxygens (including phenoxy) is 1. The Morgan fingerprint density at radius 3 is 2.21 bits per heavy atom. The Balaban J connectivity index is 3.95. The van der Waals surface area contributed by atoms with Crippen LogP contribution < -0.4 is 5.32 Å². The van der Waals surface area contributed by atoms with E-state index in [1.807, 2.05) is 27.7 Å². The molecule has 1 amide bonds. The second-order valence-electron chi connectivity index (χ2n) is 4.82. The molecule has 0 saturated carbocycles. The van der Waals surface area contributed by atoms with E-state index in [1.54, 1.807) is 0 Å². The van der Waals surface area contributed by atoms with Crippen molar-refractivity contribution in [3.63, 3.8) is 0 Å². The largest absolute Gasteiger partial charge is 0.444 e. The van der Waals surface area contributed by atoms with Gasteiger partial charge in [-0.1, -0.05) is 20.3 Å². The quantitative estimate of drug-likeness (QED) is 0.762. The number of nitrogens with one attached hydrogen (secondary N) is 1. The molecule has 0 heterocycles. The first kappa shape index (κ1) is 13.3. The van der Waals surface area contributed by atoms with E-state index in [9.17, 15) is 4.79 Å². The monoisotopic (exact) mass is 201 g/mol. The van der Waals surface area contributed by atoms with Gasteiger partial charge in [-0.05, 0) is 33.6 Å². The SMILES string of the molecule is CCC(C)[C@@H](C)NC(=O)OC(C)(C)C. The van der Waals surface area contributed by atoms with Crippen molar-refractivity contribution >= 4 is 6.09 Å². The zero-order valence-electron chi connectivity index (χ0n) is 10.2. The van der Waals surface area contributed by atoms with Crippen LogP contribution in [0.3, 0.4) is 0 Å². The van der Waals surface area contributed by atoms with Crippen LogP contribution in [-0.2, 0) is 4.74 Å². The molecule has 3 heteroatoms. The Labute approximate surface area is 87.2 Å². The van der Waals surface area contributed by atoms with Crippen LogP contribution in [0.25, 0.3) is 0 Å². The van der Waals surface area contributed by atoms with Gasteiger partial charge in [-0.25, -0.2) is 4.79 Å². The van der Waals surface area contributed by atoms with Gasteiger partial charge in [-0.3, -0.25) is 0 Å². The van der Waals surface area contributed by atoms with Crippen molar-refractivity contribution in [3.05, 3.63) is 0 Å². The molecule has 0 saturated heterocycles. The summed E-state index contributed by atoms with van der Waals surface area (Å²) in [7, 11) is 0. The van der Waals surface area contributed by atoms with Crippen LogP contribution in [0, 0.1) is 5.92 Å². The molecule has 0 aromatic heterocycles. The lowest BCUT2D eigenvalue weighted by Crippen LogP contribution is -2.40. The predicted molar refractivity (Wildman–Crippen MR) is 58.3 cm³/mol. The number of rotatable bonds is 3. The maximum atomic E-state index is 11.4. The third-order valence-electron chi connectivity index (χ3n) is 2.24. The lowest BCUT2D eigenvalue weighted by molar-refractivity contribution is 0.0493. The number of hydrogen-bond acceptors (Lipinski definition) is 2. The molecule has 0 bridgehead atoms. The fraction of sp³-hybridized carbons (Fsp3) is 0.909. The molecule has 84 valence electrons. The molecule has 1 N–H and O–H groups in total. The fourth-order valence-electron chi connectivity index (χ4n) is 0.989. The molecule has 0 aliphatic heterocycles.